The van der Waals surface area contributed by atoms with E-state index in [0.717, 1.165) is 29.7 Å². The number of aryl methyl sites for hydroxylation is 1. The maximum absolute atomic E-state index is 11.9. The van der Waals surface area contributed by atoms with Gasteiger partial charge in [-0.2, -0.15) is 4.98 Å². The average Bonchev–Trinajstić information content (AvgIpc) is 2.94. The van der Waals surface area contributed by atoms with Crippen molar-refractivity contribution in [1.29, 1.82) is 0 Å². The maximum Gasteiger partial charge on any atom is 0.224 e. The zero-order valence-electron chi connectivity index (χ0n) is 17.0. The monoisotopic (exact) mass is 435 g/mol. The SMILES string of the molecule is CC(=O)c1ccccc1Nc1nc(NCc2ccc3c(c2)CCCC(=O)N3)ncc1Cl. The maximum atomic E-state index is 11.9. The molecular formula is C23H22ClN5O2. The topological polar surface area (TPSA) is 96.0 Å². The molecule has 2 aromatic carbocycles. The lowest BCUT2D eigenvalue weighted by Crippen LogP contribution is -2.10. The first-order valence-corrected chi connectivity index (χ1v) is 10.4. The largest absolute Gasteiger partial charge is 0.350 e. The summed E-state index contributed by atoms with van der Waals surface area (Å²) in [5.41, 5.74) is 4.26. The molecule has 0 aliphatic carbocycles. The van der Waals surface area contributed by atoms with Gasteiger partial charge in [-0.3, -0.25) is 9.59 Å². The Morgan fingerprint density at radius 1 is 1.19 bits per heavy atom. The van der Waals surface area contributed by atoms with Crippen LogP contribution in [0.25, 0.3) is 0 Å². The van der Waals surface area contributed by atoms with Crippen LogP contribution < -0.4 is 16.0 Å². The highest BCUT2D eigenvalue weighted by Gasteiger charge is 2.14. The predicted octanol–water partition coefficient (Wildman–Crippen LogP) is 4.96. The van der Waals surface area contributed by atoms with Crippen LogP contribution in [0.3, 0.4) is 0 Å². The molecule has 1 amide bonds. The molecule has 158 valence electrons. The first kappa shape index (κ1) is 20.8. The molecule has 3 N–H and O–H groups in total. The van der Waals surface area contributed by atoms with Crippen LogP contribution in [0.2, 0.25) is 5.02 Å². The number of amides is 1. The predicted molar refractivity (Wildman–Crippen MR) is 122 cm³/mol. The van der Waals surface area contributed by atoms with Crippen molar-refractivity contribution in [3.8, 4) is 0 Å². The highest BCUT2D eigenvalue weighted by atomic mass is 35.5. The van der Waals surface area contributed by atoms with E-state index in [4.69, 9.17) is 11.6 Å². The Bertz CT molecular complexity index is 1150. The molecule has 3 aromatic rings. The Labute approximate surface area is 185 Å². The zero-order chi connectivity index (χ0) is 21.8. The van der Waals surface area contributed by atoms with Crippen LogP contribution in [0.4, 0.5) is 23.1 Å². The second kappa shape index (κ2) is 9.14. The zero-order valence-corrected chi connectivity index (χ0v) is 17.8. The van der Waals surface area contributed by atoms with Gasteiger partial charge in [-0.1, -0.05) is 35.9 Å². The number of carbonyl (C=O) groups is 2. The van der Waals surface area contributed by atoms with Gasteiger partial charge in [-0.15, -0.1) is 0 Å². The minimum atomic E-state index is -0.0500. The number of para-hydroxylation sites is 1. The summed E-state index contributed by atoms with van der Waals surface area (Å²) in [5, 5.41) is 9.63. The number of hydrogen-bond donors (Lipinski definition) is 3. The molecule has 7 nitrogen and oxygen atoms in total. The quantitative estimate of drug-likeness (QED) is 0.473. The number of carbonyl (C=O) groups excluding carboxylic acids is 2. The molecule has 1 aliphatic rings. The Hall–Kier alpha value is -3.45. The van der Waals surface area contributed by atoms with Crippen LogP contribution in [0.15, 0.2) is 48.7 Å². The number of anilines is 4. The van der Waals surface area contributed by atoms with Crippen molar-refractivity contribution in [1.82, 2.24) is 9.97 Å². The van der Waals surface area contributed by atoms with Crippen LogP contribution in [0, 0.1) is 0 Å². The Balaban J connectivity index is 1.49. The third-order valence-electron chi connectivity index (χ3n) is 5.05. The summed E-state index contributed by atoms with van der Waals surface area (Å²) in [6.45, 7) is 2.04. The van der Waals surface area contributed by atoms with E-state index in [-0.39, 0.29) is 11.7 Å². The van der Waals surface area contributed by atoms with Gasteiger partial charge in [0.2, 0.25) is 11.9 Å². The van der Waals surface area contributed by atoms with E-state index >= 15 is 0 Å². The van der Waals surface area contributed by atoms with Gasteiger partial charge in [-0.25, -0.2) is 4.98 Å². The Morgan fingerprint density at radius 3 is 2.87 bits per heavy atom. The van der Waals surface area contributed by atoms with Crippen molar-refractivity contribution < 1.29 is 9.59 Å². The van der Waals surface area contributed by atoms with Crippen molar-refractivity contribution in [2.24, 2.45) is 0 Å². The number of fused-ring (bicyclic) bond motifs is 1. The lowest BCUT2D eigenvalue weighted by molar-refractivity contribution is -0.116. The number of rotatable bonds is 6. The summed E-state index contributed by atoms with van der Waals surface area (Å²) >= 11 is 6.27. The molecule has 0 spiro atoms. The van der Waals surface area contributed by atoms with Gasteiger partial charge in [0.25, 0.3) is 0 Å². The van der Waals surface area contributed by atoms with Crippen molar-refractivity contribution in [2.45, 2.75) is 32.7 Å². The summed E-state index contributed by atoms with van der Waals surface area (Å²) in [4.78, 5) is 32.3. The average molecular weight is 436 g/mol. The van der Waals surface area contributed by atoms with E-state index in [0.29, 0.717) is 41.0 Å². The molecule has 1 aliphatic heterocycles. The van der Waals surface area contributed by atoms with Crippen molar-refractivity contribution in [3.63, 3.8) is 0 Å². The molecular weight excluding hydrogens is 414 g/mol. The molecule has 0 saturated carbocycles. The molecule has 4 rings (SSSR count). The second-order valence-electron chi connectivity index (χ2n) is 7.36. The van der Waals surface area contributed by atoms with Crippen LogP contribution in [0.1, 0.15) is 41.3 Å². The molecule has 31 heavy (non-hydrogen) atoms. The number of nitrogens with zero attached hydrogens (tertiary/aromatic N) is 2. The van der Waals surface area contributed by atoms with Gasteiger partial charge in [0.05, 0.1) is 11.9 Å². The molecule has 1 aromatic heterocycles. The number of ketones is 1. The number of Topliss-reactive ketones (excluding diaryl/α,β-unsaturated/α-hetero) is 1. The Morgan fingerprint density at radius 2 is 2.03 bits per heavy atom. The van der Waals surface area contributed by atoms with Crippen LogP contribution in [-0.2, 0) is 17.8 Å². The number of nitrogens with one attached hydrogen (secondary N) is 3. The number of hydrogen-bond acceptors (Lipinski definition) is 6. The number of aromatic nitrogens is 2. The van der Waals surface area contributed by atoms with Gasteiger partial charge in [0.15, 0.2) is 11.6 Å². The fraction of sp³-hybridized carbons (Fsp3) is 0.217. The van der Waals surface area contributed by atoms with Crippen molar-refractivity contribution in [2.75, 3.05) is 16.0 Å². The van der Waals surface area contributed by atoms with Gasteiger partial charge in [0, 0.05) is 24.2 Å². The molecule has 0 saturated heterocycles. The fourth-order valence-corrected chi connectivity index (χ4v) is 3.62. The molecule has 0 bridgehead atoms. The summed E-state index contributed by atoms with van der Waals surface area (Å²) in [5.74, 6) is 0.838. The van der Waals surface area contributed by atoms with E-state index in [1.807, 2.05) is 24.3 Å². The number of halogens is 1. The lowest BCUT2D eigenvalue weighted by atomic mass is 10.0. The first-order chi connectivity index (χ1) is 15.0. The van der Waals surface area contributed by atoms with E-state index in [9.17, 15) is 9.59 Å². The van der Waals surface area contributed by atoms with Crippen molar-refractivity contribution in [3.05, 3.63) is 70.4 Å². The fourth-order valence-electron chi connectivity index (χ4n) is 3.49. The molecule has 2 heterocycles. The molecule has 0 fully saturated rings. The van der Waals surface area contributed by atoms with E-state index in [1.165, 1.54) is 13.1 Å². The smallest absolute Gasteiger partial charge is 0.224 e. The second-order valence-corrected chi connectivity index (χ2v) is 7.77. The van der Waals surface area contributed by atoms with Gasteiger partial charge >= 0.3 is 0 Å². The van der Waals surface area contributed by atoms with Crippen LogP contribution in [-0.4, -0.2) is 21.7 Å². The first-order valence-electron chi connectivity index (χ1n) is 10.0. The standard InChI is InChI=1S/C23H22ClN5O2/c1-14(30)17-6-2-3-7-20(17)28-22-18(24)13-26-23(29-22)25-12-15-9-10-19-16(11-15)5-4-8-21(31)27-19/h2-3,6-7,9-11,13H,4-5,8,12H2,1H3,(H,27,31)(H2,25,26,28,29). The molecule has 8 heteroatoms. The third kappa shape index (κ3) is 5.00. The molecule has 0 unspecified atom stereocenters. The van der Waals surface area contributed by atoms with E-state index < -0.39 is 0 Å². The minimum Gasteiger partial charge on any atom is -0.350 e. The van der Waals surface area contributed by atoms with Gasteiger partial charge < -0.3 is 16.0 Å². The van der Waals surface area contributed by atoms with E-state index in [1.54, 1.807) is 12.1 Å². The minimum absolute atomic E-state index is 0.0500. The summed E-state index contributed by atoms with van der Waals surface area (Å²) in [6, 6.07) is 13.2. The Kier molecular flexibility index (Phi) is 6.13. The van der Waals surface area contributed by atoms with E-state index in [2.05, 4.69) is 32.0 Å². The lowest BCUT2D eigenvalue weighted by Gasteiger charge is -2.13. The highest BCUT2D eigenvalue weighted by molar-refractivity contribution is 6.33. The van der Waals surface area contributed by atoms with Gasteiger partial charge in [-0.05, 0) is 49.1 Å². The number of benzene rings is 2. The normalized spacial score (nSPS) is 13.0. The summed E-state index contributed by atoms with van der Waals surface area (Å²) in [7, 11) is 0. The summed E-state index contributed by atoms with van der Waals surface area (Å²) in [6.07, 6.45) is 3.77. The molecule has 0 atom stereocenters. The summed E-state index contributed by atoms with van der Waals surface area (Å²) < 4.78 is 0. The van der Waals surface area contributed by atoms with Crippen LogP contribution >= 0.6 is 11.6 Å². The molecule has 0 radical (unpaired) electrons. The third-order valence-corrected chi connectivity index (χ3v) is 5.32. The van der Waals surface area contributed by atoms with Gasteiger partial charge in [0.1, 0.15) is 5.02 Å². The highest BCUT2D eigenvalue weighted by Crippen LogP contribution is 2.27. The van der Waals surface area contributed by atoms with Crippen molar-refractivity contribution >= 4 is 46.4 Å². The van der Waals surface area contributed by atoms with Crippen LogP contribution in [0.5, 0.6) is 0 Å².